The third-order valence-electron chi connectivity index (χ3n) is 3.21. The molecule has 1 saturated carbocycles. The van der Waals surface area contributed by atoms with Crippen LogP contribution in [0.3, 0.4) is 0 Å². The third-order valence-corrected chi connectivity index (χ3v) is 3.21. The Morgan fingerprint density at radius 2 is 1.85 bits per heavy atom. The zero-order chi connectivity index (χ0) is 9.47. The molecular formula is C12H17N. The summed E-state index contributed by atoms with van der Waals surface area (Å²) in [7, 11) is 0. The van der Waals surface area contributed by atoms with Gasteiger partial charge in [0, 0.05) is 6.04 Å². The zero-order valence-electron chi connectivity index (χ0n) is 8.33. The van der Waals surface area contributed by atoms with Gasteiger partial charge in [-0.1, -0.05) is 44.2 Å². The van der Waals surface area contributed by atoms with Crippen molar-refractivity contribution in [2.75, 3.05) is 0 Å². The van der Waals surface area contributed by atoms with Gasteiger partial charge in [0.25, 0.3) is 0 Å². The van der Waals surface area contributed by atoms with Crippen LogP contribution in [0.25, 0.3) is 0 Å². The Kier molecular flexibility index (Phi) is 1.92. The van der Waals surface area contributed by atoms with E-state index in [1.165, 1.54) is 12.0 Å². The SMILES string of the molecule is CC1(C)C[C@H]1[C@@H](N)c1ccccc1. The highest BCUT2D eigenvalue weighted by Gasteiger charge is 2.49. The van der Waals surface area contributed by atoms with Crippen LogP contribution in [-0.2, 0) is 0 Å². The Morgan fingerprint density at radius 3 is 2.31 bits per heavy atom. The number of hydrogen-bond donors (Lipinski definition) is 1. The zero-order valence-corrected chi connectivity index (χ0v) is 8.33. The summed E-state index contributed by atoms with van der Waals surface area (Å²) in [6, 6.07) is 10.6. The molecule has 1 fully saturated rings. The first-order chi connectivity index (χ1) is 6.11. The summed E-state index contributed by atoms with van der Waals surface area (Å²) in [5, 5.41) is 0. The quantitative estimate of drug-likeness (QED) is 0.734. The van der Waals surface area contributed by atoms with E-state index in [4.69, 9.17) is 5.73 Å². The smallest absolute Gasteiger partial charge is 0.0328 e. The number of rotatable bonds is 2. The molecule has 0 heterocycles. The molecule has 2 atom stereocenters. The van der Waals surface area contributed by atoms with Gasteiger partial charge in [-0.15, -0.1) is 0 Å². The summed E-state index contributed by atoms with van der Waals surface area (Å²) in [5.41, 5.74) is 7.92. The van der Waals surface area contributed by atoms with Crippen LogP contribution < -0.4 is 5.73 Å². The molecule has 1 aliphatic carbocycles. The minimum absolute atomic E-state index is 0.233. The maximum absolute atomic E-state index is 6.18. The van der Waals surface area contributed by atoms with Crippen LogP contribution in [0.1, 0.15) is 31.9 Å². The standard InChI is InChI=1S/C12H17N/c1-12(2)8-10(12)11(13)9-6-4-3-5-7-9/h3-7,10-11H,8,13H2,1-2H3/t10-,11-/m0/s1. The fraction of sp³-hybridized carbons (Fsp3) is 0.500. The molecule has 1 aromatic carbocycles. The van der Waals surface area contributed by atoms with E-state index in [0.29, 0.717) is 11.3 Å². The summed E-state index contributed by atoms with van der Waals surface area (Å²) < 4.78 is 0. The van der Waals surface area contributed by atoms with Gasteiger partial charge in [0.2, 0.25) is 0 Å². The first-order valence-corrected chi connectivity index (χ1v) is 4.92. The average molecular weight is 175 g/mol. The summed E-state index contributed by atoms with van der Waals surface area (Å²) in [6.07, 6.45) is 1.27. The molecule has 2 rings (SSSR count). The van der Waals surface area contributed by atoms with Gasteiger partial charge < -0.3 is 5.73 Å². The predicted molar refractivity (Wildman–Crippen MR) is 55.3 cm³/mol. The predicted octanol–water partition coefficient (Wildman–Crippen LogP) is 2.73. The fourth-order valence-electron chi connectivity index (χ4n) is 2.03. The molecule has 1 aliphatic rings. The van der Waals surface area contributed by atoms with Crippen molar-refractivity contribution >= 4 is 0 Å². The normalized spacial score (nSPS) is 26.8. The summed E-state index contributed by atoms with van der Waals surface area (Å²) in [6.45, 7) is 4.58. The maximum atomic E-state index is 6.18. The highest BCUT2D eigenvalue weighted by atomic mass is 14.7. The van der Waals surface area contributed by atoms with Gasteiger partial charge in [-0.2, -0.15) is 0 Å². The second kappa shape index (κ2) is 2.85. The lowest BCUT2D eigenvalue weighted by Crippen LogP contribution is -2.15. The van der Waals surface area contributed by atoms with Crippen molar-refractivity contribution in [3.8, 4) is 0 Å². The molecule has 0 saturated heterocycles. The lowest BCUT2D eigenvalue weighted by Gasteiger charge is -2.13. The van der Waals surface area contributed by atoms with Crippen LogP contribution in [0.5, 0.6) is 0 Å². The number of hydrogen-bond acceptors (Lipinski definition) is 1. The second-order valence-corrected chi connectivity index (χ2v) is 4.74. The minimum Gasteiger partial charge on any atom is -0.324 e. The van der Waals surface area contributed by atoms with Crippen LogP contribution in [0.15, 0.2) is 30.3 Å². The van der Waals surface area contributed by atoms with E-state index >= 15 is 0 Å². The maximum Gasteiger partial charge on any atom is 0.0328 e. The number of nitrogens with two attached hydrogens (primary N) is 1. The monoisotopic (exact) mass is 175 g/mol. The second-order valence-electron chi connectivity index (χ2n) is 4.74. The molecule has 0 unspecified atom stereocenters. The van der Waals surface area contributed by atoms with Gasteiger partial charge in [-0.25, -0.2) is 0 Å². The van der Waals surface area contributed by atoms with Crippen molar-refractivity contribution in [3.05, 3.63) is 35.9 Å². The highest BCUT2D eigenvalue weighted by Crippen LogP contribution is 2.56. The van der Waals surface area contributed by atoms with E-state index < -0.39 is 0 Å². The molecule has 0 aliphatic heterocycles. The van der Waals surface area contributed by atoms with E-state index in [1.807, 2.05) is 6.07 Å². The molecule has 0 spiro atoms. The fourth-order valence-corrected chi connectivity index (χ4v) is 2.03. The van der Waals surface area contributed by atoms with Crippen molar-refractivity contribution in [1.82, 2.24) is 0 Å². The van der Waals surface area contributed by atoms with Crippen molar-refractivity contribution in [2.24, 2.45) is 17.1 Å². The van der Waals surface area contributed by atoms with E-state index in [-0.39, 0.29) is 6.04 Å². The molecule has 0 bridgehead atoms. The van der Waals surface area contributed by atoms with Gasteiger partial charge in [0.15, 0.2) is 0 Å². The molecule has 1 aromatic rings. The van der Waals surface area contributed by atoms with E-state index in [1.54, 1.807) is 0 Å². The highest BCUT2D eigenvalue weighted by molar-refractivity contribution is 5.22. The van der Waals surface area contributed by atoms with Gasteiger partial charge in [0.1, 0.15) is 0 Å². The average Bonchev–Trinajstić information content (AvgIpc) is 2.76. The lowest BCUT2D eigenvalue weighted by molar-refractivity contribution is 0.491. The molecule has 0 amide bonds. The summed E-state index contributed by atoms with van der Waals surface area (Å²) in [4.78, 5) is 0. The Bertz CT molecular complexity index is 289. The van der Waals surface area contributed by atoms with Crippen LogP contribution in [-0.4, -0.2) is 0 Å². The van der Waals surface area contributed by atoms with Gasteiger partial charge >= 0.3 is 0 Å². The van der Waals surface area contributed by atoms with Crippen molar-refractivity contribution in [3.63, 3.8) is 0 Å². The first kappa shape index (κ1) is 8.76. The van der Waals surface area contributed by atoms with Gasteiger partial charge in [-0.05, 0) is 23.3 Å². The first-order valence-electron chi connectivity index (χ1n) is 4.92. The minimum atomic E-state index is 0.233. The van der Waals surface area contributed by atoms with E-state index in [9.17, 15) is 0 Å². The molecule has 70 valence electrons. The van der Waals surface area contributed by atoms with Crippen molar-refractivity contribution in [2.45, 2.75) is 26.3 Å². The summed E-state index contributed by atoms with van der Waals surface area (Å²) in [5.74, 6) is 0.676. The Hall–Kier alpha value is -0.820. The van der Waals surface area contributed by atoms with Gasteiger partial charge in [-0.3, -0.25) is 0 Å². The Labute approximate surface area is 80.0 Å². The van der Waals surface area contributed by atoms with Crippen molar-refractivity contribution in [1.29, 1.82) is 0 Å². The molecule has 13 heavy (non-hydrogen) atoms. The molecule has 1 nitrogen and oxygen atoms in total. The molecule has 1 heteroatoms. The molecular weight excluding hydrogens is 158 g/mol. The lowest BCUT2D eigenvalue weighted by atomic mass is 9.98. The Morgan fingerprint density at radius 1 is 1.31 bits per heavy atom. The molecule has 2 N–H and O–H groups in total. The largest absolute Gasteiger partial charge is 0.324 e. The summed E-state index contributed by atoms with van der Waals surface area (Å²) >= 11 is 0. The third kappa shape index (κ3) is 1.61. The van der Waals surface area contributed by atoms with Crippen LogP contribution >= 0.6 is 0 Å². The van der Waals surface area contributed by atoms with Crippen LogP contribution in [0.4, 0.5) is 0 Å². The van der Waals surface area contributed by atoms with E-state index in [2.05, 4.69) is 38.1 Å². The van der Waals surface area contributed by atoms with Crippen LogP contribution in [0, 0.1) is 11.3 Å². The number of benzene rings is 1. The van der Waals surface area contributed by atoms with Crippen molar-refractivity contribution < 1.29 is 0 Å². The topological polar surface area (TPSA) is 26.0 Å². The molecule has 0 aromatic heterocycles. The Balaban J connectivity index is 2.12. The van der Waals surface area contributed by atoms with E-state index in [0.717, 1.165) is 0 Å². The van der Waals surface area contributed by atoms with Crippen LogP contribution in [0.2, 0.25) is 0 Å². The van der Waals surface area contributed by atoms with Gasteiger partial charge in [0.05, 0.1) is 0 Å². The molecule has 0 radical (unpaired) electrons.